The first-order valence-corrected chi connectivity index (χ1v) is 9.40. The first-order chi connectivity index (χ1) is 14.6. The van der Waals surface area contributed by atoms with Gasteiger partial charge in [-0.05, 0) is 36.8 Å². The van der Waals surface area contributed by atoms with Crippen LogP contribution in [0.1, 0.15) is 21.7 Å². The molecule has 0 aliphatic heterocycles. The van der Waals surface area contributed by atoms with Crippen LogP contribution in [0.5, 0.6) is 5.75 Å². The highest BCUT2D eigenvalue weighted by Crippen LogP contribution is 2.26. The Morgan fingerprint density at radius 1 is 1.03 bits per heavy atom. The van der Waals surface area contributed by atoms with Crippen LogP contribution in [0.15, 0.2) is 83.4 Å². The minimum Gasteiger partial charge on any atom is -0.489 e. The van der Waals surface area contributed by atoms with Gasteiger partial charge in [0.15, 0.2) is 0 Å². The summed E-state index contributed by atoms with van der Waals surface area (Å²) in [6.45, 7) is 1.95. The molecule has 0 bridgehead atoms. The number of ether oxygens (including phenoxy) is 1. The van der Waals surface area contributed by atoms with E-state index in [1.807, 2.05) is 48.5 Å². The number of aromatic nitrogens is 1. The van der Waals surface area contributed by atoms with E-state index < -0.39 is 0 Å². The molecule has 0 unspecified atom stereocenters. The molecule has 0 fully saturated rings. The van der Waals surface area contributed by atoms with Crippen LogP contribution in [0.25, 0.3) is 11.3 Å². The van der Waals surface area contributed by atoms with Crippen molar-refractivity contribution in [1.29, 1.82) is 0 Å². The number of aryl methyl sites for hydroxylation is 1. The second kappa shape index (κ2) is 8.61. The van der Waals surface area contributed by atoms with Gasteiger partial charge in [-0.25, -0.2) is 4.39 Å². The van der Waals surface area contributed by atoms with Crippen molar-refractivity contribution in [1.82, 2.24) is 5.16 Å². The van der Waals surface area contributed by atoms with Gasteiger partial charge >= 0.3 is 0 Å². The standard InChI is InChI=1S/C24H19FN2O3/c1-16-22(23(27-30-16)18-8-3-2-4-9-18)24(28)26-20-11-5-7-17(13-20)15-29-21-12-6-10-19(25)14-21/h2-14H,15H2,1H3,(H,26,28). The van der Waals surface area contributed by atoms with Crippen molar-refractivity contribution >= 4 is 11.6 Å². The Labute approximate surface area is 173 Å². The predicted octanol–water partition coefficient (Wildman–Crippen LogP) is 5.62. The van der Waals surface area contributed by atoms with Crippen molar-refractivity contribution in [2.24, 2.45) is 0 Å². The Balaban J connectivity index is 1.49. The third-order valence-corrected chi connectivity index (χ3v) is 4.52. The minimum absolute atomic E-state index is 0.245. The Kier molecular flexibility index (Phi) is 5.57. The van der Waals surface area contributed by atoms with Gasteiger partial charge in [0.25, 0.3) is 5.91 Å². The molecule has 0 aliphatic carbocycles. The lowest BCUT2D eigenvalue weighted by molar-refractivity contribution is 0.102. The monoisotopic (exact) mass is 402 g/mol. The lowest BCUT2D eigenvalue weighted by Gasteiger charge is -2.09. The fraction of sp³-hybridized carbons (Fsp3) is 0.0833. The number of hydrogen-bond acceptors (Lipinski definition) is 4. The normalized spacial score (nSPS) is 10.6. The molecule has 6 heteroatoms. The number of nitrogens with zero attached hydrogens (tertiary/aromatic N) is 1. The molecule has 0 radical (unpaired) electrons. The average molecular weight is 402 g/mol. The van der Waals surface area contributed by atoms with Crippen LogP contribution in [0.2, 0.25) is 0 Å². The van der Waals surface area contributed by atoms with E-state index >= 15 is 0 Å². The molecule has 5 nitrogen and oxygen atoms in total. The van der Waals surface area contributed by atoms with Crippen molar-refractivity contribution in [3.63, 3.8) is 0 Å². The summed E-state index contributed by atoms with van der Waals surface area (Å²) in [5.74, 6) is 0.219. The van der Waals surface area contributed by atoms with Gasteiger partial charge in [-0.3, -0.25) is 4.79 Å². The van der Waals surface area contributed by atoms with Crippen molar-refractivity contribution in [3.8, 4) is 17.0 Å². The number of carbonyl (C=O) groups is 1. The Bertz CT molecular complexity index is 1170. The average Bonchev–Trinajstić information content (AvgIpc) is 3.15. The molecule has 3 aromatic carbocycles. The predicted molar refractivity (Wildman–Crippen MR) is 112 cm³/mol. The zero-order valence-electron chi connectivity index (χ0n) is 16.3. The summed E-state index contributed by atoms with van der Waals surface area (Å²) >= 11 is 0. The Morgan fingerprint density at radius 2 is 1.83 bits per heavy atom. The van der Waals surface area contributed by atoms with E-state index in [2.05, 4.69) is 10.5 Å². The molecule has 150 valence electrons. The summed E-state index contributed by atoms with van der Waals surface area (Å²) in [6.07, 6.45) is 0. The molecule has 0 saturated heterocycles. The summed E-state index contributed by atoms with van der Waals surface area (Å²) in [7, 11) is 0. The maximum absolute atomic E-state index is 13.3. The largest absolute Gasteiger partial charge is 0.489 e. The van der Waals surface area contributed by atoms with E-state index in [0.717, 1.165) is 11.1 Å². The van der Waals surface area contributed by atoms with Crippen LogP contribution in [-0.2, 0) is 6.61 Å². The van der Waals surface area contributed by atoms with E-state index in [4.69, 9.17) is 9.26 Å². The summed E-state index contributed by atoms with van der Waals surface area (Å²) in [5, 5.41) is 6.94. The summed E-state index contributed by atoms with van der Waals surface area (Å²) in [6, 6.07) is 22.6. The molecule has 0 saturated carbocycles. The van der Waals surface area contributed by atoms with Crippen LogP contribution in [0, 0.1) is 12.7 Å². The van der Waals surface area contributed by atoms with Gasteiger partial charge in [0.2, 0.25) is 0 Å². The molecule has 1 heterocycles. The molecule has 4 aromatic rings. The molecule has 0 atom stereocenters. The number of rotatable bonds is 6. The van der Waals surface area contributed by atoms with Gasteiger partial charge in [-0.15, -0.1) is 0 Å². The third kappa shape index (κ3) is 4.38. The van der Waals surface area contributed by atoms with Gasteiger partial charge in [-0.2, -0.15) is 0 Å². The lowest BCUT2D eigenvalue weighted by Crippen LogP contribution is -2.13. The van der Waals surface area contributed by atoms with E-state index in [9.17, 15) is 9.18 Å². The van der Waals surface area contributed by atoms with Gasteiger partial charge in [-0.1, -0.05) is 53.7 Å². The number of hydrogen-bond donors (Lipinski definition) is 1. The second-order valence-electron chi connectivity index (χ2n) is 6.73. The Morgan fingerprint density at radius 3 is 2.63 bits per heavy atom. The van der Waals surface area contributed by atoms with Crippen LogP contribution >= 0.6 is 0 Å². The van der Waals surface area contributed by atoms with Crippen molar-refractivity contribution in [2.75, 3.05) is 5.32 Å². The number of anilines is 1. The molecule has 0 spiro atoms. The fourth-order valence-corrected chi connectivity index (χ4v) is 3.09. The van der Waals surface area contributed by atoms with Crippen LogP contribution in [0.3, 0.4) is 0 Å². The van der Waals surface area contributed by atoms with Crippen LogP contribution in [0.4, 0.5) is 10.1 Å². The number of halogens is 1. The van der Waals surface area contributed by atoms with Gasteiger partial charge in [0.1, 0.15) is 35.2 Å². The van der Waals surface area contributed by atoms with Crippen molar-refractivity contribution < 1.29 is 18.4 Å². The zero-order chi connectivity index (χ0) is 20.9. The third-order valence-electron chi connectivity index (χ3n) is 4.52. The maximum atomic E-state index is 13.3. The maximum Gasteiger partial charge on any atom is 0.261 e. The highest BCUT2D eigenvalue weighted by molar-refractivity contribution is 6.08. The second-order valence-corrected chi connectivity index (χ2v) is 6.73. The molecule has 1 N–H and O–H groups in total. The Hall–Kier alpha value is -3.93. The molecule has 4 rings (SSSR count). The first-order valence-electron chi connectivity index (χ1n) is 9.40. The topological polar surface area (TPSA) is 64.4 Å². The summed E-state index contributed by atoms with van der Waals surface area (Å²) < 4.78 is 24.2. The molecular weight excluding hydrogens is 383 g/mol. The van der Waals surface area contributed by atoms with Gasteiger partial charge < -0.3 is 14.6 Å². The number of benzene rings is 3. The summed E-state index contributed by atoms with van der Waals surface area (Å²) in [4.78, 5) is 12.9. The molecular formula is C24H19FN2O3. The SMILES string of the molecule is Cc1onc(-c2ccccc2)c1C(=O)Nc1cccc(COc2cccc(F)c2)c1. The zero-order valence-corrected chi connectivity index (χ0v) is 16.3. The molecule has 1 amide bonds. The van der Waals surface area contributed by atoms with E-state index in [0.29, 0.717) is 28.5 Å². The molecule has 30 heavy (non-hydrogen) atoms. The molecule has 0 aliphatic rings. The smallest absolute Gasteiger partial charge is 0.261 e. The van der Waals surface area contributed by atoms with E-state index in [1.54, 1.807) is 25.1 Å². The first kappa shape index (κ1) is 19.4. The van der Waals surface area contributed by atoms with Crippen molar-refractivity contribution in [2.45, 2.75) is 13.5 Å². The van der Waals surface area contributed by atoms with Crippen LogP contribution < -0.4 is 10.1 Å². The van der Waals surface area contributed by atoms with Gasteiger partial charge in [0, 0.05) is 17.3 Å². The minimum atomic E-state index is -0.355. The van der Waals surface area contributed by atoms with Crippen molar-refractivity contribution in [3.05, 3.63) is 102 Å². The number of amides is 1. The van der Waals surface area contributed by atoms with E-state index in [1.165, 1.54) is 12.1 Å². The highest BCUT2D eigenvalue weighted by Gasteiger charge is 2.21. The molecule has 1 aromatic heterocycles. The van der Waals surface area contributed by atoms with Crippen LogP contribution in [-0.4, -0.2) is 11.1 Å². The number of nitrogens with one attached hydrogen (secondary N) is 1. The summed E-state index contributed by atoms with van der Waals surface area (Å²) in [5.41, 5.74) is 3.14. The number of carbonyl (C=O) groups excluding carboxylic acids is 1. The van der Waals surface area contributed by atoms with Gasteiger partial charge in [0.05, 0.1) is 0 Å². The quantitative estimate of drug-likeness (QED) is 0.455. The lowest BCUT2D eigenvalue weighted by atomic mass is 10.1. The van der Waals surface area contributed by atoms with E-state index in [-0.39, 0.29) is 18.3 Å². The highest BCUT2D eigenvalue weighted by atomic mass is 19.1. The fourth-order valence-electron chi connectivity index (χ4n) is 3.09.